The average Bonchev–Trinajstić information content (AvgIpc) is 3.11. The van der Waals surface area contributed by atoms with E-state index in [1.807, 2.05) is 0 Å². The van der Waals surface area contributed by atoms with Crippen molar-refractivity contribution >= 4 is 17.5 Å². The Bertz CT molecular complexity index is 1140. The number of halogens is 3. The van der Waals surface area contributed by atoms with Gasteiger partial charge in [0, 0.05) is 38.2 Å². The number of rotatable bonds is 7. The third-order valence-corrected chi connectivity index (χ3v) is 8.01. The quantitative estimate of drug-likeness (QED) is 0.596. The average molecular weight is 523 g/mol. The van der Waals surface area contributed by atoms with Gasteiger partial charge in [0.25, 0.3) is 5.91 Å². The molecule has 1 aromatic carbocycles. The standard InChI is InChI=1S/C25H29ClF2N4O4/c1-3-25(34,24(28)4-6-31(7-5-24)17-13-36-14-17)15-8-18-21(19(27)9-15)23(35-2)32(22(18)33)12-20-29-10-16(26)11-30-20/h8-11,17,23,34H,3-7,12-14H2,1-2H3/t23-,25?/m1/s1. The van der Waals surface area contributed by atoms with Gasteiger partial charge in [0.05, 0.1) is 36.4 Å². The van der Waals surface area contributed by atoms with Crippen LogP contribution in [0.1, 0.15) is 59.7 Å². The molecular formula is C25H29ClF2N4O4. The van der Waals surface area contributed by atoms with E-state index in [0.29, 0.717) is 37.2 Å². The van der Waals surface area contributed by atoms with Crippen LogP contribution in [0, 0.1) is 5.82 Å². The number of amides is 1. The van der Waals surface area contributed by atoms with Crippen molar-refractivity contribution in [2.45, 2.75) is 56.3 Å². The van der Waals surface area contributed by atoms with Crippen molar-refractivity contribution in [3.63, 3.8) is 0 Å². The number of nitrogens with zero attached hydrogens (tertiary/aromatic N) is 4. The molecule has 2 saturated heterocycles. The number of aliphatic hydroxyl groups is 1. The van der Waals surface area contributed by atoms with Crippen molar-refractivity contribution in [1.82, 2.24) is 19.8 Å². The molecule has 1 amide bonds. The number of hydrogen-bond acceptors (Lipinski definition) is 7. The summed E-state index contributed by atoms with van der Waals surface area (Å²) in [4.78, 5) is 25.1. The topological polar surface area (TPSA) is 88.0 Å². The molecule has 2 aromatic rings. The molecule has 3 aliphatic rings. The van der Waals surface area contributed by atoms with Crippen molar-refractivity contribution in [3.8, 4) is 0 Å². The summed E-state index contributed by atoms with van der Waals surface area (Å²) in [7, 11) is 1.37. The Labute approximate surface area is 213 Å². The summed E-state index contributed by atoms with van der Waals surface area (Å²) in [6.45, 7) is 3.84. The van der Waals surface area contributed by atoms with E-state index in [1.165, 1.54) is 30.5 Å². The summed E-state index contributed by atoms with van der Waals surface area (Å²) in [6.07, 6.45) is 2.02. The van der Waals surface area contributed by atoms with Crippen molar-refractivity contribution < 1.29 is 28.2 Å². The van der Waals surface area contributed by atoms with E-state index in [-0.39, 0.29) is 48.5 Å². The SMILES string of the molecule is CCC(O)(c1cc(F)c2c(c1)C(=O)N(Cc1ncc(Cl)cn1)[C@@H]2OC)C1(F)CCN(C2COC2)CC1. The van der Waals surface area contributed by atoms with Crippen LogP contribution in [-0.2, 0) is 21.6 Å². The third-order valence-electron chi connectivity index (χ3n) is 7.82. The lowest BCUT2D eigenvalue weighted by molar-refractivity contribution is -0.154. The number of fused-ring (bicyclic) bond motifs is 1. The maximum Gasteiger partial charge on any atom is 0.257 e. The van der Waals surface area contributed by atoms with Crippen LogP contribution in [-0.4, -0.2) is 75.9 Å². The highest BCUT2D eigenvalue weighted by atomic mass is 35.5. The summed E-state index contributed by atoms with van der Waals surface area (Å²) in [6, 6.07) is 2.82. The molecule has 5 rings (SSSR count). The zero-order chi connectivity index (χ0) is 25.7. The van der Waals surface area contributed by atoms with E-state index in [2.05, 4.69) is 14.9 Å². The molecule has 0 spiro atoms. The van der Waals surface area contributed by atoms with Gasteiger partial charge in [-0.2, -0.15) is 0 Å². The molecule has 0 bridgehead atoms. The summed E-state index contributed by atoms with van der Waals surface area (Å²) >= 11 is 5.85. The van der Waals surface area contributed by atoms with Crippen LogP contribution in [0.5, 0.6) is 0 Å². The Morgan fingerprint density at radius 2 is 1.94 bits per heavy atom. The zero-order valence-corrected chi connectivity index (χ0v) is 21.0. The second kappa shape index (κ2) is 9.57. The van der Waals surface area contributed by atoms with Gasteiger partial charge >= 0.3 is 0 Å². The first kappa shape index (κ1) is 25.4. The first-order chi connectivity index (χ1) is 17.2. The first-order valence-corrected chi connectivity index (χ1v) is 12.5. The summed E-state index contributed by atoms with van der Waals surface area (Å²) in [5, 5.41) is 12.0. The van der Waals surface area contributed by atoms with E-state index >= 15 is 8.78 Å². The molecule has 0 aliphatic carbocycles. The minimum atomic E-state index is -1.97. The number of aromatic nitrogens is 2. The molecule has 3 aliphatic heterocycles. The lowest BCUT2D eigenvalue weighted by atomic mass is 9.71. The van der Waals surface area contributed by atoms with Gasteiger partial charge in [-0.25, -0.2) is 18.7 Å². The largest absolute Gasteiger partial charge is 0.382 e. The fraction of sp³-hybridized carbons (Fsp3) is 0.560. The van der Waals surface area contributed by atoms with Crippen LogP contribution in [0.25, 0.3) is 0 Å². The van der Waals surface area contributed by atoms with E-state index in [1.54, 1.807) is 6.92 Å². The molecule has 1 N–H and O–H groups in total. The van der Waals surface area contributed by atoms with E-state index in [0.717, 1.165) is 6.07 Å². The van der Waals surface area contributed by atoms with Crippen LogP contribution in [0.3, 0.4) is 0 Å². The lowest BCUT2D eigenvalue weighted by Crippen LogP contribution is -2.59. The Kier molecular flexibility index (Phi) is 6.76. The molecule has 1 unspecified atom stereocenters. The van der Waals surface area contributed by atoms with E-state index in [4.69, 9.17) is 21.1 Å². The highest BCUT2D eigenvalue weighted by Crippen LogP contribution is 2.48. The number of carbonyl (C=O) groups excluding carboxylic acids is 1. The second-order valence-corrected chi connectivity index (χ2v) is 10.1. The Morgan fingerprint density at radius 1 is 1.28 bits per heavy atom. The smallest absolute Gasteiger partial charge is 0.257 e. The molecular weight excluding hydrogens is 494 g/mol. The molecule has 194 valence electrons. The first-order valence-electron chi connectivity index (χ1n) is 12.1. The van der Waals surface area contributed by atoms with Gasteiger partial charge in [0.2, 0.25) is 0 Å². The molecule has 1 aromatic heterocycles. The van der Waals surface area contributed by atoms with Gasteiger partial charge in [-0.15, -0.1) is 0 Å². The number of likely N-dealkylation sites (tertiary alicyclic amines) is 1. The number of benzene rings is 1. The summed E-state index contributed by atoms with van der Waals surface area (Å²) < 4.78 is 42.7. The predicted molar refractivity (Wildman–Crippen MR) is 127 cm³/mol. The molecule has 11 heteroatoms. The number of carbonyl (C=O) groups is 1. The van der Waals surface area contributed by atoms with Crippen molar-refractivity contribution in [3.05, 3.63) is 57.9 Å². The molecule has 4 heterocycles. The van der Waals surface area contributed by atoms with Gasteiger partial charge in [-0.05, 0) is 37.0 Å². The molecule has 36 heavy (non-hydrogen) atoms. The van der Waals surface area contributed by atoms with Crippen molar-refractivity contribution in [2.75, 3.05) is 33.4 Å². The Hall–Kier alpha value is -2.24. The maximum absolute atomic E-state index is 16.4. The molecule has 0 saturated carbocycles. The fourth-order valence-electron chi connectivity index (χ4n) is 5.55. The van der Waals surface area contributed by atoms with Crippen LogP contribution < -0.4 is 0 Å². The molecule has 2 atom stereocenters. The van der Waals surface area contributed by atoms with Gasteiger partial charge in [-0.3, -0.25) is 9.69 Å². The number of ether oxygens (including phenoxy) is 2. The van der Waals surface area contributed by atoms with Crippen molar-refractivity contribution in [2.24, 2.45) is 0 Å². The van der Waals surface area contributed by atoms with Crippen LogP contribution >= 0.6 is 11.6 Å². The van der Waals surface area contributed by atoms with E-state index in [9.17, 15) is 9.90 Å². The van der Waals surface area contributed by atoms with Crippen LogP contribution in [0.2, 0.25) is 5.02 Å². The van der Waals surface area contributed by atoms with E-state index < -0.39 is 29.2 Å². The van der Waals surface area contributed by atoms with Gasteiger partial charge in [-0.1, -0.05) is 18.5 Å². The lowest BCUT2D eigenvalue weighted by Gasteiger charge is -2.49. The highest BCUT2D eigenvalue weighted by molar-refractivity contribution is 6.30. The number of methoxy groups -OCH3 is 1. The Morgan fingerprint density at radius 3 is 2.50 bits per heavy atom. The summed E-state index contributed by atoms with van der Waals surface area (Å²) in [5.74, 6) is -0.941. The zero-order valence-electron chi connectivity index (χ0n) is 20.2. The number of alkyl halides is 1. The van der Waals surface area contributed by atoms with Crippen molar-refractivity contribution in [1.29, 1.82) is 0 Å². The third kappa shape index (κ3) is 4.09. The molecule has 0 radical (unpaired) electrons. The highest BCUT2D eigenvalue weighted by Gasteiger charge is 2.54. The summed E-state index contributed by atoms with van der Waals surface area (Å²) in [5.41, 5.74) is -3.79. The number of hydrogen-bond donors (Lipinski definition) is 1. The molecule has 2 fully saturated rings. The second-order valence-electron chi connectivity index (χ2n) is 9.66. The fourth-order valence-corrected chi connectivity index (χ4v) is 5.64. The van der Waals surface area contributed by atoms with Gasteiger partial charge < -0.3 is 19.5 Å². The minimum absolute atomic E-state index is 0.0263. The normalized spacial score (nSPS) is 23.9. The predicted octanol–water partition coefficient (Wildman–Crippen LogP) is 3.37. The Balaban J connectivity index is 1.45. The molecule has 8 nitrogen and oxygen atoms in total. The minimum Gasteiger partial charge on any atom is -0.382 e. The van der Waals surface area contributed by atoms with Gasteiger partial charge in [0.15, 0.2) is 6.23 Å². The van der Waals surface area contributed by atoms with Crippen LogP contribution in [0.15, 0.2) is 24.5 Å². The monoisotopic (exact) mass is 522 g/mol. The van der Waals surface area contributed by atoms with Gasteiger partial charge in [0.1, 0.15) is 22.9 Å². The number of piperidine rings is 1. The van der Waals surface area contributed by atoms with Crippen LogP contribution in [0.4, 0.5) is 8.78 Å². The maximum atomic E-state index is 16.4.